The third-order valence-corrected chi connectivity index (χ3v) is 7.23. The molecule has 0 bridgehead atoms. The van der Waals surface area contributed by atoms with E-state index in [9.17, 15) is 9.59 Å². The van der Waals surface area contributed by atoms with Gasteiger partial charge in [-0.25, -0.2) is 5.43 Å². The average Bonchev–Trinajstić information content (AvgIpc) is 3.21. The first-order valence-electron chi connectivity index (χ1n) is 10.3. The normalized spacial score (nSPS) is 15.9. The highest BCUT2D eigenvalue weighted by Crippen LogP contribution is 2.38. The molecular formula is C25H21Cl2N3O2S. The molecule has 0 saturated carbocycles. The molecule has 0 aliphatic carbocycles. The molecule has 1 heterocycles. The summed E-state index contributed by atoms with van der Waals surface area (Å²) >= 11 is 13.5. The van der Waals surface area contributed by atoms with Gasteiger partial charge < -0.3 is 4.90 Å². The van der Waals surface area contributed by atoms with E-state index >= 15 is 0 Å². The van der Waals surface area contributed by atoms with Gasteiger partial charge in [0, 0.05) is 12.1 Å². The average molecular weight is 498 g/mol. The number of carbonyl (C=O) groups is 2. The lowest BCUT2D eigenvalue weighted by Crippen LogP contribution is -2.30. The molecule has 1 saturated heterocycles. The fraction of sp³-hybridized carbons (Fsp3) is 0.160. The zero-order valence-corrected chi connectivity index (χ0v) is 19.9. The van der Waals surface area contributed by atoms with Crippen molar-refractivity contribution < 1.29 is 9.59 Å². The monoisotopic (exact) mass is 497 g/mol. The molecule has 33 heavy (non-hydrogen) atoms. The van der Waals surface area contributed by atoms with Gasteiger partial charge in [0.15, 0.2) is 0 Å². The molecule has 0 aromatic heterocycles. The molecule has 1 atom stereocenters. The molecule has 1 aliphatic heterocycles. The number of carbonyl (C=O) groups excluding carboxylic acids is 2. The molecule has 1 N–H and O–H groups in total. The maximum atomic E-state index is 12.4. The number of nitrogens with zero attached hydrogens (tertiary/aromatic N) is 2. The first-order valence-corrected chi connectivity index (χ1v) is 12.1. The lowest BCUT2D eigenvalue weighted by atomic mass is 10.1. The van der Waals surface area contributed by atoms with Gasteiger partial charge in [0.05, 0.1) is 22.0 Å². The Labute approximate surface area is 206 Å². The summed E-state index contributed by atoms with van der Waals surface area (Å²) in [5.74, 6) is 0.277. The Balaban J connectivity index is 1.37. The molecule has 2 amide bonds. The fourth-order valence-electron chi connectivity index (χ4n) is 3.49. The summed E-state index contributed by atoms with van der Waals surface area (Å²) in [5.41, 5.74) is 5.91. The zero-order valence-electron chi connectivity index (χ0n) is 17.6. The van der Waals surface area contributed by atoms with Gasteiger partial charge >= 0.3 is 0 Å². The Morgan fingerprint density at radius 3 is 2.55 bits per heavy atom. The van der Waals surface area contributed by atoms with Gasteiger partial charge in [0.1, 0.15) is 5.37 Å². The minimum absolute atomic E-state index is 0.0500. The summed E-state index contributed by atoms with van der Waals surface area (Å²) < 4.78 is 0. The molecule has 0 radical (unpaired) electrons. The Kier molecular flexibility index (Phi) is 7.70. The largest absolute Gasteiger partial charge is 0.326 e. The highest BCUT2D eigenvalue weighted by Gasteiger charge is 2.32. The van der Waals surface area contributed by atoms with E-state index in [0.717, 1.165) is 17.5 Å². The number of rotatable bonds is 7. The van der Waals surface area contributed by atoms with E-state index in [1.165, 1.54) is 11.8 Å². The molecular weight excluding hydrogens is 477 g/mol. The minimum atomic E-state index is -0.325. The highest BCUT2D eigenvalue weighted by molar-refractivity contribution is 8.00. The van der Waals surface area contributed by atoms with Gasteiger partial charge in [0.2, 0.25) is 5.91 Å². The van der Waals surface area contributed by atoms with Crippen molar-refractivity contribution in [2.75, 3.05) is 12.3 Å². The van der Waals surface area contributed by atoms with Crippen molar-refractivity contribution in [3.8, 4) is 0 Å². The maximum Gasteiger partial charge on any atom is 0.271 e. The summed E-state index contributed by atoms with van der Waals surface area (Å²) in [6.45, 7) is 0.659. The van der Waals surface area contributed by atoms with Crippen molar-refractivity contribution in [2.24, 2.45) is 5.10 Å². The van der Waals surface area contributed by atoms with Crippen LogP contribution >= 0.6 is 35.0 Å². The second-order valence-electron chi connectivity index (χ2n) is 7.48. The van der Waals surface area contributed by atoms with E-state index < -0.39 is 0 Å². The molecule has 1 fully saturated rings. The fourth-order valence-corrected chi connectivity index (χ4v) is 5.01. The van der Waals surface area contributed by atoms with Gasteiger partial charge in [-0.3, -0.25) is 9.59 Å². The van der Waals surface area contributed by atoms with Crippen molar-refractivity contribution in [3.63, 3.8) is 0 Å². The Bertz CT molecular complexity index is 1170. The molecule has 3 aromatic carbocycles. The van der Waals surface area contributed by atoms with Gasteiger partial charge in [-0.1, -0.05) is 71.7 Å². The number of amides is 2. The second kappa shape index (κ2) is 10.9. The van der Waals surface area contributed by atoms with Crippen LogP contribution in [0, 0.1) is 0 Å². The Morgan fingerprint density at radius 2 is 1.82 bits per heavy atom. The number of hydrogen-bond acceptors (Lipinski definition) is 4. The third-order valence-electron chi connectivity index (χ3n) is 5.23. The van der Waals surface area contributed by atoms with Crippen LogP contribution in [0.3, 0.4) is 0 Å². The van der Waals surface area contributed by atoms with Crippen LogP contribution in [0.1, 0.15) is 32.4 Å². The molecule has 3 aromatic rings. The topological polar surface area (TPSA) is 61.8 Å². The van der Waals surface area contributed by atoms with Gasteiger partial charge in [-0.05, 0) is 47.4 Å². The van der Waals surface area contributed by atoms with Crippen LogP contribution in [0.4, 0.5) is 0 Å². The predicted molar refractivity (Wildman–Crippen MR) is 135 cm³/mol. The Morgan fingerprint density at radius 1 is 1.06 bits per heavy atom. The third kappa shape index (κ3) is 5.96. The molecule has 0 unspecified atom stereocenters. The number of halogens is 2. The van der Waals surface area contributed by atoms with E-state index in [1.54, 1.807) is 42.1 Å². The van der Waals surface area contributed by atoms with Crippen LogP contribution in [0.25, 0.3) is 0 Å². The summed E-state index contributed by atoms with van der Waals surface area (Å²) in [7, 11) is 0. The summed E-state index contributed by atoms with van der Waals surface area (Å²) in [5, 5.41) is 4.81. The van der Waals surface area contributed by atoms with Crippen LogP contribution in [0.2, 0.25) is 10.0 Å². The molecule has 168 valence electrons. The van der Waals surface area contributed by atoms with Crippen molar-refractivity contribution in [1.82, 2.24) is 10.3 Å². The molecule has 8 heteroatoms. The summed E-state index contributed by atoms with van der Waals surface area (Å²) in [6.07, 6.45) is 2.31. The van der Waals surface area contributed by atoms with Crippen LogP contribution in [0.15, 0.2) is 77.9 Å². The lowest BCUT2D eigenvalue weighted by Gasteiger charge is -2.24. The van der Waals surface area contributed by atoms with E-state index in [4.69, 9.17) is 23.2 Å². The zero-order chi connectivity index (χ0) is 23.2. The number of nitrogens with one attached hydrogen (secondary N) is 1. The van der Waals surface area contributed by atoms with Crippen LogP contribution in [-0.2, 0) is 11.2 Å². The number of thioether (sulfide) groups is 1. The highest BCUT2D eigenvalue weighted by atomic mass is 35.5. The quantitative estimate of drug-likeness (QED) is 0.342. The van der Waals surface area contributed by atoms with Gasteiger partial charge in [-0.15, -0.1) is 11.8 Å². The molecule has 1 aliphatic rings. The van der Waals surface area contributed by atoms with E-state index in [2.05, 4.69) is 22.7 Å². The second-order valence-corrected chi connectivity index (χ2v) is 9.36. The smallest absolute Gasteiger partial charge is 0.271 e. The maximum absolute atomic E-state index is 12.4. The van der Waals surface area contributed by atoms with Crippen molar-refractivity contribution in [2.45, 2.75) is 11.8 Å². The van der Waals surface area contributed by atoms with E-state index in [1.807, 2.05) is 35.2 Å². The number of hydrogen-bond donors (Lipinski definition) is 1. The van der Waals surface area contributed by atoms with Gasteiger partial charge in [-0.2, -0.15) is 5.10 Å². The number of benzene rings is 3. The standard InChI is InChI=1S/C25H21Cl2N3O2S/c26-21-11-6-18(14-22(21)27)15-28-29-24(32)19-7-9-20(10-8-19)25-30(23(31)16-33-25)13-12-17-4-2-1-3-5-17/h1-11,14-15,25H,12-13,16H2,(H,29,32)/b28-15-/t25-/m1/s1. The molecule has 0 spiro atoms. The first kappa shape index (κ1) is 23.4. The number of hydrazone groups is 1. The Hall–Kier alpha value is -2.80. The van der Waals surface area contributed by atoms with E-state index in [-0.39, 0.29) is 17.2 Å². The van der Waals surface area contributed by atoms with Crippen LogP contribution in [-0.4, -0.2) is 35.2 Å². The van der Waals surface area contributed by atoms with Crippen LogP contribution in [0.5, 0.6) is 0 Å². The minimum Gasteiger partial charge on any atom is -0.326 e. The van der Waals surface area contributed by atoms with Crippen molar-refractivity contribution in [3.05, 3.63) is 105 Å². The summed E-state index contributed by atoms with van der Waals surface area (Å²) in [6, 6.07) is 22.5. The van der Waals surface area contributed by atoms with Crippen molar-refractivity contribution >= 4 is 53.0 Å². The molecule has 5 nitrogen and oxygen atoms in total. The SMILES string of the molecule is O=C(N/N=C\c1ccc(Cl)c(Cl)c1)c1ccc([C@H]2SCC(=O)N2CCc2ccccc2)cc1. The lowest BCUT2D eigenvalue weighted by molar-refractivity contribution is -0.128. The van der Waals surface area contributed by atoms with E-state index in [0.29, 0.717) is 27.9 Å². The first-order chi connectivity index (χ1) is 16.0. The predicted octanol–water partition coefficient (Wildman–Crippen LogP) is 5.57. The van der Waals surface area contributed by atoms with Gasteiger partial charge in [0.25, 0.3) is 5.91 Å². The summed E-state index contributed by atoms with van der Waals surface area (Å²) in [4.78, 5) is 26.8. The van der Waals surface area contributed by atoms with Crippen molar-refractivity contribution in [1.29, 1.82) is 0 Å². The van der Waals surface area contributed by atoms with Crippen LogP contribution < -0.4 is 5.43 Å². The molecule has 4 rings (SSSR count).